The van der Waals surface area contributed by atoms with Crippen LogP contribution in [0.15, 0.2) is 48.0 Å². The maximum Gasteiger partial charge on any atom is -0.00574 e. The molecule has 25 heavy (non-hydrogen) atoms. The molecule has 1 saturated carbocycles. The number of allylic oxidation sites excluding steroid dienone is 1. The molecule has 1 fully saturated rings. The molecule has 2 aromatic rings. The van der Waals surface area contributed by atoms with Crippen LogP contribution >= 0.6 is 0 Å². The summed E-state index contributed by atoms with van der Waals surface area (Å²) in [6, 6.07) is 15.8. The van der Waals surface area contributed by atoms with Crippen LogP contribution in [0.1, 0.15) is 68.6 Å². The predicted octanol–water partition coefficient (Wildman–Crippen LogP) is 7.35. The summed E-state index contributed by atoms with van der Waals surface area (Å²) in [5, 5.41) is 0. The Morgan fingerprint density at radius 2 is 1.68 bits per heavy atom. The van der Waals surface area contributed by atoms with E-state index in [1.54, 1.807) is 5.57 Å². The van der Waals surface area contributed by atoms with Crippen molar-refractivity contribution in [1.82, 2.24) is 0 Å². The molecule has 0 heterocycles. The summed E-state index contributed by atoms with van der Waals surface area (Å²) < 4.78 is 0. The quantitative estimate of drug-likeness (QED) is 0.549. The monoisotopic (exact) mass is 330 g/mol. The molecular formula is C25H30. The van der Waals surface area contributed by atoms with Gasteiger partial charge in [-0.25, -0.2) is 0 Å². The molecule has 4 rings (SSSR count). The van der Waals surface area contributed by atoms with Gasteiger partial charge in [0.25, 0.3) is 0 Å². The van der Waals surface area contributed by atoms with E-state index in [4.69, 9.17) is 0 Å². The van der Waals surface area contributed by atoms with Crippen LogP contribution in [-0.4, -0.2) is 0 Å². The fourth-order valence-electron chi connectivity index (χ4n) is 4.97. The van der Waals surface area contributed by atoms with Crippen LogP contribution in [0.5, 0.6) is 0 Å². The van der Waals surface area contributed by atoms with Crippen LogP contribution in [0.3, 0.4) is 0 Å². The van der Waals surface area contributed by atoms with E-state index in [0.717, 1.165) is 6.42 Å². The molecule has 2 aromatic carbocycles. The minimum absolute atomic E-state index is 0.580. The molecule has 0 aliphatic heterocycles. The number of rotatable bonds is 4. The van der Waals surface area contributed by atoms with Crippen molar-refractivity contribution in [2.75, 3.05) is 0 Å². The molecule has 0 radical (unpaired) electrons. The molecule has 0 atom stereocenters. The first kappa shape index (κ1) is 16.6. The third-order valence-corrected chi connectivity index (χ3v) is 6.59. The predicted molar refractivity (Wildman–Crippen MR) is 109 cm³/mol. The lowest BCUT2D eigenvalue weighted by molar-refractivity contribution is 0.179. The first-order valence-corrected chi connectivity index (χ1v) is 10.1. The van der Waals surface area contributed by atoms with Crippen molar-refractivity contribution >= 4 is 6.08 Å². The average molecular weight is 331 g/mol. The zero-order valence-corrected chi connectivity index (χ0v) is 15.8. The molecule has 130 valence electrons. The minimum Gasteiger partial charge on any atom is -0.0648 e. The van der Waals surface area contributed by atoms with Gasteiger partial charge in [-0.3, -0.25) is 0 Å². The van der Waals surface area contributed by atoms with E-state index in [9.17, 15) is 0 Å². The van der Waals surface area contributed by atoms with E-state index in [1.807, 2.05) is 0 Å². The highest BCUT2D eigenvalue weighted by atomic mass is 14.4. The van der Waals surface area contributed by atoms with Gasteiger partial charge in [-0.15, -0.1) is 0 Å². The summed E-state index contributed by atoms with van der Waals surface area (Å²) >= 11 is 0. The van der Waals surface area contributed by atoms with Gasteiger partial charge in [-0.05, 0) is 60.3 Å². The number of fused-ring (bicyclic) bond motifs is 1. The molecule has 0 saturated heterocycles. The van der Waals surface area contributed by atoms with Crippen molar-refractivity contribution < 1.29 is 0 Å². The highest BCUT2D eigenvalue weighted by Crippen LogP contribution is 2.46. The smallest absolute Gasteiger partial charge is 0.00574 e. The van der Waals surface area contributed by atoms with Gasteiger partial charge >= 0.3 is 0 Å². The van der Waals surface area contributed by atoms with Gasteiger partial charge < -0.3 is 0 Å². The number of aryl methyl sites for hydroxylation is 1. The highest BCUT2D eigenvalue weighted by Gasteiger charge is 2.32. The van der Waals surface area contributed by atoms with E-state index in [1.165, 1.54) is 72.8 Å². The maximum atomic E-state index is 2.52. The Kier molecular flexibility index (Phi) is 4.54. The van der Waals surface area contributed by atoms with Gasteiger partial charge in [-0.2, -0.15) is 0 Å². The van der Waals surface area contributed by atoms with E-state index < -0.39 is 0 Å². The van der Waals surface area contributed by atoms with Crippen LogP contribution < -0.4 is 0 Å². The second-order valence-corrected chi connectivity index (χ2v) is 8.31. The molecule has 0 amide bonds. The molecule has 0 bridgehead atoms. The normalized spacial score (nSPS) is 18.7. The Morgan fingerprint density at radius 3 is 2.40 bits per heavy atom. The van der Waals surface area contributed by atoms with Crippen molar-refractivity contribution in [3.05, 3.63) is 64.7 Å². The largest absolute Gasteiger partial charge is 0.0648 e. The topological polar surface area (TPSA) is 0 Å². The summed E-state index contributed by atoms with van der Waals surface area (Å²) in [4.78, 5) is 0. The minimum atomic E-state index is 0.580. The Morgan fingerprint density at radius 1 is 0.920 bits per heavy atom. The fourth-order valence-corrected chi connectivity index (χ4v) is 4.97. The van der Waals surface area contributed by atoms with Crippen LogP contribution in [0.2, 0.25) is 0 Å². The zero-order chi connectivity index (χ0) is 17.3. The maximum absolute atomic E-state index is 2.52. The summed E-state index contributed by atoms with van der Waals surface area (Å²) in [7, 11) is 0. The molecule has 0 heteroatoms. The molecule has 0 N–H and O–H groups in total. The van der Waals surface area contributed by atoms with Gasteiger partial charge in [0.1, 0.15) is 0 Å². The first-order valence-electron chi connectivity index (χ1n) is 10.1. The second-order valence-electron chi connectivity index (χ2n) is 8.31. The van der Waals surface area contributed by atoms with Crippen molar-refractivity contribution in [3.8, 4) is 11.1 Å². The number of benzene rings is 2. The number of hydrogen-bond acceptors (Lipinski definition) is 0. The van der Waals surface area contributed by atoms with E-state index in [0.29, 0.717) is 5.41 Å². The summed E-state index contributed by atoms with van der Waals surface area (Å²) in [5.74, 6) is 0. The van der Waals surface area contributed by atoms with Crippen LogP contribution in [0, 0.1) is 12.3 Å². The van der Waals surface area contributed by atoms with E-state index >= 15 is 0 Å². The van der Waals surface area contributed by atoms with Crippen molar-refractivity contribution in [2.24, 2.45) is 5.41 Å². The molecule has 0 aromatic heterocycles. The van der Waals surface area contributed by atoms with E-state index in [2.05, 4.69) is 62.4 Å². The molecule has 0 unspecified atom stereocenters. The molecule has 2 aliphatic carbocycles. The Bertz CT molecular complexity index is 770. The summed E-state index contributed by atoms with van der Waals surface area (Å²) in [5.41, 5.74) is 9.33. The van der Waals surface area contributed by atoms with Gasteiger partial charge in [0.05, 0.1) is 0 Å². The fraction of sp³-hybridized carbons (Fsp3) is 0.440. The molecule has 2 aliphatic rings. The van der Waals surface area contributed by atoms with E-state index in [-0.39, 0.29) is 0 Å². The standard InChI is InChI=1S/C25H30/c1-3-25(14-5-4-6-15-25)18-20-16-22-8-7-9-23(24(22)17-20)21-12-10-19(2)11-13-21/h7-13,17H,3-6,14-16,18H2,1-2H3. The number of hydrogen-bond donors (Lipinski definition) is 0. The van der Waals surface area contributed by atoms with Gasteiger partial charge in [0, 0.05) is 0 Å². The average Bonchev–Trinajstić information content (AvgIpc) is 3.05. The summed E-state index contributed by atoms with van der Waals surface area (Å²) in [6.45, 7) is 4.57. The van der Waals surface area contributed by atoms with Crippen molar-refractivity contribution in [2.45, 2.75) is 65.2 Å². The Labute approximate surface area is 153 Å². The summed E-state index contributed by atoms with van der Waals surface area (Å²) in [6.07, 6.45) is 13.5. The van der Waals surface area contributed by atoms with Crippen LogP contribution in [-0.2, 0) is 6.42 Å². The Hall–Kier alpha value is -1.82. The second kappa shape index (κ2) is 6.83. The third kappa shape index (κ3) is 3.32. The SMILES string of the molecule is CCC1(CC2=Cc3c(cccc3-c3ccc(C)cc3)C2)CCCCC1. The Balaban J connectivity index is 1.63. The molecule has 0 spiro atoms. The van der Waals surface area contributed by atoms with Gasteiger partial charge in [0.2, 0.25) is 0 Å². The highest BCUT2D eigenvalue weighted by molar-refractivity contribution is 5.80. The lowest BCUT2D eigenvalue weighted by Crippen LogP contribution is -2.23. The van der Waals surface area contributed by atoms with Crippen molar-refractivity contribution in [1.29, 1.82) is 0 Å². The van der Waals surface area contributed by atoms with Crippen LogP contribution in [0.4, 0.5) is 0 Å². The lowest BCUT2D eigenvalue weighted by atomic mass is 9.68. The lowest BCUT2D eigenvalue weighted by Gasteiger charge is -2.37. The first-order chi connectivity index (χ1) is 12.2. The van der Waals surface area contributed by atoms with Crippen molar-refractivity contribution in [3.63, 3.8) is 0 Å². The van der Waals surface area contributed by atoms with Crippen LogP contribution in [0.25, 0.3) is 17.2 Å². The molecule has 0 nitrogen and oxygen atoms in total. The molecular weight excluding hydrogens is 300 g/mol. The van der Waals surface area contributed by atoms with Gasteiger partial charge in [-0.1, -0.05) is 92.3 Å². The third-order valence-electron chi connectivity index (χ3n) is 6.59. The zero-order valence-electron chi connectivity index (χ0n) is 15.8. The van der Waals surface area contributed by atoms with Gasteiger partial charge in [0.15, 0.2) is 0 Å².